The molecule has 1 aromatic rings. The molecule has 7 nitrogen and oxygen atoms in total. The van der Waals surface area contributed by atoms with E-state index >= 15 is 0 Å². The Hall–Kier alpha value is -2.57. The largest absolute Gasteiger partial charge is 0.494 e. The topological polar surface area (TPSA) is 121 Å². The van der Waals surface area contributed by atoms with E-state index < -0.39 is 23.8 Å². The maximum atomic E-state index is 11.7. The fourth-order valence-corrected chi connectivity index (χ4v) is 5.24. The minimum atomic E-state index is -1.06. The van der Waals surface area contributed by atoms with Crippen LogP contribution in [0.4, 0.5) is 0 Å². The van der Waals surface area contributed by atoms with Gasteiger partial charge in [0, 0.05) is 6.42 Å². The predicted molar refractivity (Wildman–Crippen MR) is 154 cm³/mol. The molecule has 0 spiro atoms. The molecule has 1 aromatic carbocycles. The highest BCUT2D eigenvalue weighted by molar-refractivity contribution is 5.77. The normalized spacial score (nSPS) is 12.6. The van der Waals surface area contributed by atoms with Crippen LogP contribution in [0.2, 0.25) is 0 Å². The molecule has 3 N–H and O–H groups in total. The second-order valence-electron chi connectivity index (χ2n) is 10.9. The number of hydrogen-bond acceptors (Lipinski definition) is 4. The van der Waals surface area contributed by atoms with Crippen molar-refractivity contribution in [3.05, 3.63) is 29.8 Å². The van der Waals surface area contributed by atoms with Crippen LogP contribution in [0, 0.1) is 11.8 Å². The van der Waals surface area contributed by atoms with Crippen LogP contribution in [0.15, 0.2) is 24.3 Å². The molecule has 39 heavy (non-hydrogen) atoms. The molecule has 1 rings (SSSR count). The van der Waals surface area contributed by atoms with E-state index in [1.54, 1.807) is 0 Å². The van der Waals surface area contributed by atoms with Gasteiger partial charge in [-0.2, -0.15) is 0 Å². The van der Waals surface area contributed by atoms with Crippen LogP contribution < -0.4 is 4.74 Å². The van der Waals surface area contributed by atoms with Gasteiger partial charge >= 0.3 is 17.9 Å². The molecule has 0 bridgehead atoms. The van der Waals surface area contributed by atoms with E-state index in [2.05, 4.69) is 0 Å². The molecule has 0 radical (unpaired) electrons. The Bertz CT molecular complexity index is 790. The van der Waals surface area contributed by atoms with Crippen LogP contribution in [0.5, 0.6) is 5.75 Å². The maximum absolute atomic E-state index is 11.7. The number of carboxylic acids is 3. The first kappa shape index (κ1) is 34.5. The lowest BCUT2D eigenvalue weighted by Gasteiger charge is -2.21. The quantitative estimate of drug-likeness (QED) is 0.0999. The van der Waals surface area contributed by atoms with Crippen LogP contribution in [0.25, 0.3) is 0 Å². The van der Waals surface area contributed by atoms with E-state index in [1.807, 2.05) is 31.2 Å². The summed E-state index contributed by atoms with van der Waals surface area (Å²) in [7, 11) is 0. The number of aliphatic carboxylic acids is 3. The minimum Gasteiger partial charge on any atom is -0.494 e. The van der Waals surface area contributed by atoms with Crippen LogP contribution in [-0.2, 0) is 20.8 Å². The molecule has 0 aliphatic carbocycles. The molecule has 0 saturated carbocycles. The Morgan fingerprint density at radius 1 is 0.692 bits per heavy atom. The molecule has 0 amide bonds. The standard InChI is InChI=1S/C32H52O7/c1-2-39-29-21-19-26(20-22-29)23-27(24-28(32(37)38)25-31(35)36)17-15-13-11-9-7-5-3-4-6-8-10-12-14-16-18-30(33)34/h19-22,27-28H,2-18,23-25H2,1H3,(H,33,34)(H,35,36)(H,37,38). The van der Waals surface area contributed by atoms with Gasteiger partial charge in [0.05, 0.1) is 18.9 Å². The Labute approximate surface area is 235 Å². The molecule has 7 heteroatoms. The SMILES string of the molecule is CCOc1ccc(CC(CCCCCCCCCCCCCCCCC(=O)O)CC(CC(=O)O)C(=O)O)cc1. The third kappa shape index (κ3) is 19.2. The highest BCUT2D eigenvalue weighted by Crippen LogP contribution is 2.27. The number of unbranched alkanes of at least 4 members (excludes halogenated alkanes) is 13. The third-order valence-corrected chi connectivity index (χ3v) is 7.40. The van der Waals surface area contributed by atoms with Crippen molar-refractivity contribution in [3.8, 4) is 5.75 Å². The van der Waals surface area contributed by atoms with Crippen molar-refractivity contribution >= 4 is 17.9 Å². The van der Waals surface area contributed by atoms with E-state index in [0.717, 1.165) is 56.3 Å². The van der Waals surface area contributed by atoms with Crippen molar-refractivity contribution in [1.29, 1.82) is 0 Å². The van der Waals surface area contributed by atoms with E-state index in [9.17, 15) is 19.5 Å². The van der Waals surface area contributed by atoms with Crippen molar-refractivity contribution in [2.75, 3.05) is 6.61 Å². The van der Waals surface area contributed by atoms with Gasteiger partial charge in [0.25, 0.3) is 0 Å². The molecule has 0 saturated heterocycles. The van der Waals surface area contributed by atoms with Crippen molar-refractivity contribution in [2.45, 2.75) is 129 Å². The number of hydrogen-bond donors (Lipinski definition) is 3. The summed E-state index contributed by atoms with van der Waals surface area (Å²) in [5, 5.41) is 27.4. The molecule has 222 valence electrons. The summed E-state index contributed by atoms with van der Waals surface area (Å²) < 4.78 is 5.51. The lowest BCUT2D eigenvalue weighted by Crippen LogP contribution is -2.22. The zero-order valence-corrected chi connectivity index (χ0v) is 24.1. The molecule has 0 aliphatic heterocycles. The predicted octanol–water partition coefficient (Wildman–Crippen LogP) is 8.14. The minimum absolute atomic E-state index is 0.139. The first-order valence-electron chi connectivity index (χ1n) is 15.2. The van der Waals surface area contributed by atoms with E-state index in [0.29, 0.717) is 19.4 Å². The molecular weight excluding hydrogens is 496 g/mol. The average molecular weight is 549 g/mol. The first-order chi connectivity index (χ1) is 18.8. The summed E-state index contributed by atoms with van der Waals surface area (Å²) in [4.78, 5) is 33.4. The monoisotopic (exact) mass is 548 g/mol. The number of carboxylic acid groups (broad SMARTS) is 3. The summed E-state index contributed by atoms with van der Waals surface area (Å²) in [6.45, 7) is 2.55. The highest BCUT2D eigenvalue weighted by atomic mass is 16.5. The number of carbonyl (C=O) groups is 3. The second-order valence-corrected chi connectivity index (χ2v) is 10.9. The fraction of sp³-hybridized carbons (Fsp3) is 0.719. The van der Waals surface area contributed by atoms with Crippen molar-refractivity contribution in [2.24, 2.45) is 11.8 Å². The molecule has 0 aliphatic rings. The zero-order valence-electron chi connectivity index (χ0n) is 24.1. The van der Waals surface area contributed by atoms with Gasteiger partial charge in [0.1, 0.15) is 5.75 Å². The highest BCUT2D eigenvalue weighted by Gasteiger charge is 2.25. The van der Waals surface area contributed by atoms with Gasteiger partial charge in [-0.1, -0.05) is 102 Å². The zero-order chi connectivity index (χ0) is 28.7. The van der Waals surface area contributed by atoms with Gasteiger partial charge in [-0.3, -0.25) is 14.4 Å². The van der Waals surface area contributed by atoms with Crippen molar-refractivity contribution < 1.29 is 34.4 Å². The third-order valence-electron chi connectivity index (χ3n) is 7.40. The molecule has 0 fully saturated rings. The second kappa shape index (κ2) is 22.3. The number of ether oxygens (including phenoxy) is 1. The number of rotatable bonds is 26. The average Bonchev–Trinajstić information content (AvgIpc) is 2.88. The van der Waals surface area contributed by atoms with Gasteiger partial charge in [0.2, 0.25) is 0 Å². The Balaban J connectivity index is 2.26. The van der Waals surface area contributed by atoms with Gasteiger partial charge in [0.15, 0.2) is 0 Å². The van der Waals surface area contributed by atoms with Gasteiger partial charge in [-0.05, 0) is 49.8 Å². The molecule has 2 atom stereocenters. The lowest BCUT2D eigenvalue weighted by atomic mass is 9.84. The summed E-state index contributed by atoms with van der Waals surface area (Å²) in [6, 6.07) is 7.92. The summed E-state index contributed by atoms with van der Waals surface area (Å²) in [5.41, 5.74) is 1.13. The molecule has 2 unspecified atom stereocenters. The molecule has 0 aromatic heterocycles. The van der Waals surface area contributed by atoms with E-state index in [4.69, 9.17) is 14.9 Å². The molecule has 0 heterocycles. The van der Waals surface area contributed by atoms with Gasteiger partial charge < -0.3 is 20.1 Å². The van der Waals surface area contributed by atoms with Crippen LogP contribution in [0.1, 0.15) is 128 Å². The Morgan fingerprint density at radius 2 is 1.18 bits per heavy atom. The van der Waals surface area contributed by atoms with Gasteiger partial charge in [-0.25, -0.2) is 0 Å². The van der Waals surface area contributed by atoms with Crippen LogP contribution in [-0.4, -0.2) is 39.8 Å². The summed E-state index contributed by atoms with van der Waals surface area (Å²) in [5.74, 6) is -2.68. The van der Waals surface area contributed by atoms with E-state index in [-0.39, 0.29) is 12.3 Å². The van der Waals surface area contributed by atoms with Crippen molar-refractivity contribution in [3.63, 3.8) is 0 Å². The van der Waals surface area contributed by atoms with Crippen LogP contribution in [0.3, 0.4) is 0 Å². The fourth-order valence-electron chi connectivity index (χ4n) is 5.24. The Kier molecular flexibility index (Phi) is 19.7. The Morgan fingerprint density at radius 3 is 1.62 bits per heavy atom. The van der Waals surface area contributed by atoms with Crippen molar-refractivity contribution in [1.82, 2.24) is 0 Å². The van der Waals surface area contributed by atoms with E-state index in [1.165, 1.54) is 57.8 Å². The number of benzene rings is 1. The summed E-state index contributed by atoms with van der Waals surface area (Å²) in [6.07, 6.45) is 18.4. The maximum Gasteiger partial charge on any atom is 0.307 e. The summed E-state index contributed by atoms with van der Waals surface area (Å²) >= 11 is 0. The molecular formula is C32H52O7. The lowest BCUT2D eigenvalue weighted by molar-refractivity contribution is -0.148. The van der Waals surface area contributed by atoms with Gasteiger partial charge in [-0.15, -0.1) is 0 Å². The first-order valence-corrected chi connectivity index (χ1v) is 15.2. The van der Waals surface area contributed by atoms with Crippen LogP contribution >= 0.6 is 0 Å². The smallest absolute Gasteiger partial charge is 0.307 e.